The number of hydrogen-bond acceptors (Lipinski definition) is 5. The molecule has 1 saturated heterocycles. The summed E-state index contributed by atoms with van der Waals surface area (Å²) in [6.07, 6.45) is -4.64. The fourth-order valence-corrected chi connectivity index (χ4v) is 4.10. The molecule has 0 aromatic heterocycles. The minimum Gasteiger partial charge on any atom is -0.478 e. The zero-order valence-electron chi connectivity index (χ0n) is 16.7. The molecule has 2 aromatic rings. The van der Waals surface area contributed by atoms with Gasteiger partial charge in [-0.3, -0.25) is 14.5 Å². The minimum atomic E-state index is -4.53. The van der Waals surface area contributed by atoms with Crippen molar-refractivity contribution >= 4 is 46.1 Å². The number of hydrogen-bond donors (Lipinski definition) is 2. The zero-order valence-corrected chi connectivity index (χ0v) is 17.5. The number of nitrogens with one attached hydrogen (secondary N) is 1. The highest BCUT2D eigenvalue weighted by atomic mass is 32.2. The van der Waals surface area contributed by atoms with E-state index < -0.39 is 28.9 Å². The van der Waals surface area contributed by atoms with Gasteiger partial charge in [-0.2, -0.15) is 13.2 Å². The van der Waals surface area contributed by atoms with E-state index in [0.29, 0.717) is 5.69 Å². The third-order valence-electron chi connectivity index (χ3n) is 4.55. The minimum absolute atomic E-state index is 0.0129. The fourth-order valence-electron chi connectivity index (χ4n) is 2.93. The second-order valence-corrected chi connectivity index (χ2v) is 7.93. The molecule has 0 spiro atoms. The van der Waals surface area contributed by atoms with Gasteiger partial charge in [0.25, 0.3) is 0 Å². The van der Waals surface area contributed by atoms with Crippen molar-refractivity contribution in [2.45, 2.75) is 24.8 Å². The van der Waals surface area contributed by atoms with Crippen LogP contribution in [0.1, 0.15) is 29.3 Å². The number of carboxylic acids is 1. The van der Waals surface area contributed by atoms with Crippen LogP contribution in [-0.4, -0.2) is 44.8 Å². The van der Waals surface area contributed by atoms with Crippen LogP contribution in [0.2, 0.25) is 0 Å². The van der Waals surface area contributed by atoms with Crippen molar-refractivity contribution < 1.29 is 32.7 Å². The Morgan fingerprint density at radius 2 is 1.91 bits per heavy atom. The molecule has 1 heterocycles. The van der Waals surface area contributed by atoms with Crippen LogP contribution in [0.3, 0.4) is 0 Å². The van der Waals surface area contributed by atoms with Crippen LogP contribution in [0.4, 0.5) is 24.5 Å². The Labute approximate surface area is 185 Å². The van der Waals surface area contributed by atoms with Crippen molar-refractivity contribution in [1.29, 1.82) is 0 Å². The normalized spacial score (nSPS) is 18.0. The molecular weight excluding hydrogens is 447 g/mol. The Hall–Kier alpha value is -3.34. The lowest BCUT2D eigenvalue weighted by Crippen LogP contribution is -2.45. The van der Waals surface area contributed by atoms with E-state index >= 15 is 0 Å². The molecule has 1 aliphatic heterocycles. The topological polar surface area (TPSA) is 99.1 Å². The molecule has 0 unspecified atom stereocenters. The van der Waals surface area contributed by atoms with Gasteiger partial charge in [-0.05, 0) is 49.4 Å². The number of benzene rings is 2. The number of amidine groups is 1. The molecule has 11 heteroatoms. The summed E-state index contributed by atoms with van der Waals surface area (Å²) in [5.74, 6) is -1.98. The predicted octanol–water partition coefficient (Wildman–Crippen LogP) is 4.38. The maximum atomic E-state index is 13.0. The summed E-state index contributed by atoms with van der Waals surface area (Å²) in [5, 5.41) is 10.8. The molecule has 1 aliphatic rings. The lowest BCUT2D eigenvalue weighted by Gasteiger charge is -2.31. The summed E-state index contributed by atoms with van der Waals surface area (Å²) in [5.41, 5.74) is -0.450. The van der Waals surface area contributed by atoms with E-state index in [4.69, 9.17) is 5.11 Å². The molecule has 1 fully saturated rings. The highest BCUT2D eigenvalue weighted by Gasteiger charge is 2.35. The number of rotatable bonds is 5. The SMILES string of the molecule is CCN1C(=O)C[C@H](C(=O)Nc2ccc(C(=O)O)cc2)SC1=Nc1cccc(C(F)(F)F)c1. The van der Waals surface area contributed by atoms with Gasteiger partial charge >= 0.3 is 12.1 Å². The monoisotopic (exact) mass is 465 g/mol. The van der Waals surface area contributed by atoms with Gasteiger partial charge in [0, 0.05) is 18.7 Å². The summed E-state index contributed by atoms with van der Waals surface area (Å²) in [6.45, 7) is 1.94. The predicted molar refractivity (Wildman–Crippen MR) is 114 cm³/mol. The summed E-state index contributed by atoms with van der Waals surface area (Å²) >= 11 is 0.979. The van der Waals surface area contributed by atoms with Gasteiger partial charge in [0.1, 0.15) is 5.25 Å². The highest BCUT2D eigenvalue weighted by Crippen LogP contribution is 2.33. The molecule has 7 nitrogen and oxygen atoms in total. The van der Waals surface area contributed by atoms with Gasteiger partial charge in [0.15, 0.2) is 5.17 Å². The lowest BCUT2D eigenvalue weighted by molar-refractivity contribution is -0.137. The maximum Gasteiger partial charge on any atom is 0.416 e. The molecule has 0 radical (unpaired) electrons. The third-order valence-corrected chi connectivity index (χ3v) is 5.73. The van der Waals surface area contributed by atoms with E-state index in [1.165, 1.54) is 41.3 Å². The summed E-state index contributed by atoms with van der Waals surface area (Å²) in [7, 11) is 0. The molecule has 1 atom stereocenters. The number of thioether (sulfide) groups is 1. The van der Waals surface area contributed by atoms with Crippen LogP contribution < -0.4 is 5.32 Å². The molecule has 32 heavy (non-hydrogen) atoms. The molecule has 0 saturated carbocycles. The maximum absolute atomic E-state index is 13.0. The number of amides is 2. The van der Waals surface area contributed by atoms with Crippen LogP contribution in [-0.2, 0) is 15.8 Å². The van der Waals surface area contributed by atoms with Gasteiger partial charge in [-0.1, -0.05) is 17.8 Å². The highest BCUT2D eigenvalue weighted by molar-refractivity contribution is 8.15. The number of anilines is 1. The average Bonchev–Trinajstić information content (AvgIpc) is 2.73. The molecule has 168 valence electrons. The number of aromatic carboxylic acids is 1. The van der Waals surface area contributed by atoms with Crippen LogP contribution >= 0.6 is 11.8 Å². The number of carboxylic acid groups (broad SMARTS) is 1. The van der Waals surface area contributed by atoms with E-state index in [-0.39, 0.29) is 35.3 Å². The van der Waals surface area contributed by atoms with Gasteiger partial charge in [0.2, 0.25) is 11.8 Å². The number of alkyl halides is 3. The Kier molecular flexibility index (Phi) is 6.87. The van der Waals surface area contributed by atoms with E-state index in [1.807, 2.05) is 0 Å². The second-order valence-electron chi connectivity index (χ2n) is 6.76. The van der Waals surface area contributed by atoms with Crippen LogP contribution in [0.5, 0.6) is 0 Å². The van der Waals surface area contributed by atoms with Crippen molar-refractivity contribution in [2.24, 2.45) is 4.99 Å². The fraction of sp³-hybridized carbons (Fsp3) is 0.238. The molecule has 3 rings (SSSR count). The van der Waals surface area contributed by atoms with Crippen molar-refractivity contribution in [1.82, 2.24) is 4.90 Å². The Morgan fingerprint density at radius 3 is 2.50 bits per heavy atom. The van der Waals surface area contributed by atoms with E-state index in [9.17, 15) is 27.6 Å². The number of carbonyl (C=O) groups is 3. The van der Waals surface area contributed by atoms with Gasteiger partial charge in [-0.15, -0.1) is 0 Å². The van der Waals surface area contributed by atoms with Gasteiger partial charge in [0.05, 0.1) is 16.8 Å². The molecule has 2 amide bonds. The largest absolute Gasteiger partial charge is 0.478 e. The molecular formula is C21H18F3N3O4S. The first-order valence-corrected chi connectivity index (χ1v) is 10.3. The van der Waals surface area contributed by atoms with Crippen LogP contribution in [0.25, 0.3) is 0 Å². The standard InChI is InChI=1S/C21H18F3N3O4S/c1-2-27-17(28)11-16(18(29)25-14-8-6-12(7-9-14)19(30)31)32-20(27)26-15-5-3-4-13(10-15)21(22,23)24/h3-10,16H,2,11H2,1H3,(H,25,29)(H,30,31)/t16-/m1/s1. The van der Waals surface area contributed by atoms with Crippen molar-refractivity contribution in [3.8, 4) is 0 Å². The first-order valence-electron chi connectivity index (χ1n) is 9.45. The summed E-state index contributed by atoms with van der Waals surface area (Å²) < 4.78 is 39.0. The second kappa shape index (κ2) is 9.43. The van der Waals surface area contributed by atoms with Crippen LogP contribution in [0.15, 0.2) is 53.5 Å². The third kappa shape index (κ3) is 5.47. The van der Waals surface area contributed by atoms with Crippen molar-refractivity contribution in [3.63, 3.8) is 0 Å². The van der Waals surface area contributed by atoms with Gasteiger partial charge < -0.3 is 10.4 Å². The smallest absolute Gasteiger partial charge is 0.416 e. The first kappa shape index (κ1) is 23.3. The summed E-state index contributed by atoms with van der Waals surface area (Å²) in [4.78, 5) is 41.7. The average molecular weight is 465 g/mol. The lowest BCUT2D eigenvalue weighted by atomic mass is 10.2. The van der Waals surface area contributed by atoms with Crippen molar-refractivity contribution in [2.75, 3.05) is 11.9 Å². The quantitative estimate of drug-likeness (QED) is 0.683. The molecule has 2 aromatic carbocycles. The van der Waals surface area contributed by atoms with Crippen molar-refractivity contribution in [3.05, 3.63) is 59.7 Å². The van der Waals surface area contributed by atoms with E-state index in [2.05, 4.69) is 10.3 Å². The Bertz CT molecular complexity index is 1070. The molecule has 0 aliphatic carbocycles. The molecule has 2 N–H and O–H groups in total. The zero-order chi connectivity index (χ0) is 23.5. The van der Waals surface area contributed by atoms with Crippen LogP contribution in [0, 0.1) is 0 Å². The number of halogens is 3. The number of nitrogens with zero attached hydrogens (tertiary/aromatic N) is 2. The summed E-state index contributed by atoms with van der Waals surface area (Å²) in [6, 6.07) is 9.91. The number of carbonyl (C=O) groups excluding carboxylic acids is 2. The Morgan fingerprint density at radius 1 is 1.22 bits per heavy atom. The number of aliphatic imine (C=N–C) groups is 1. The Balaban J connectivity index is 1.81. The van der Waals surface area contributed by atoms with E-state index in [1.54, 1.807) is 6.92 Å². The first-order chi connectivity index (χ1) is 15.1. The van der Waals surface area contributed by atoms with Gasteiger partial charge in [-0.25, -0.2) is 9.79 Å². The van der Waals surface area contributed by atoms with E-state index in [0.717, 1.165) is 23.9 Å². The molecule has 0 bridgehead atoms.